The van der Waals surface area contributed by atoms with Crippen molar-refractivity contribution in [3.05, 3.63) is 57.9 Å². The molecule has 0 aliphatic heterocycles. The highest BCUT2D eigenvalue weighted by Crippen LogP contribution is 2.25. The van der Waals surface area contributed by atoms with Gasteiger partial charge in [0.1, 0.15) is 5.69 Å². The van der Waals surface area contributed by atoms with E-state index in [0.717, 1.165) is 0 Å². The number of nitro benzene ring substituents is 1. The Morgan fingerprint density at radius 1 is 1.32 bits per heavy atom. The first-order valence-electron chi connectivity index (χ1n) is 5.22. The zero-order valence-electron chi connectivity index (χ0n) is 9.51. The zero-order chi connectivity index (χ0) is 13.8. The standard InChI is InChI=1S/C11H8F2N4O2/c12-9-4-8(17(18)19)5-10(13)11(9)14-6-7-2-1-3-15-16-7/h1-5,14H,6H2. The summed E-state index contributed by atoms with van der Waals surface area (Å²) in [4.78, 5) is 9.57. The van der Waals surface area contributed by atoms with Crippen LogP contribution in [0.5, 0.6) is 0 Å². The second kappa shape index (κ2) is 5.34. The minimum absolute atomic E-state index is 0.0551. The van der Waals surface area contributed by atoms with Gasteiger partial charge in [-0.3, -0.25) is 10.1 Å². The highest BCUT2D eigenvalue weighted by atomic mass is 19.1. The van der Waals surface area contributed by atoms with Crippen molar-refractivity contribution in [2.45, 2.75) is 6.54 Å². The predicted octanol–water partition coefficient (Wildman–Crippen LogP) is 2.28. The van der Waals surface area contributed by atoms with Crippen molar-refractivity contribution in [3.8, 4) is 0 Å². The summed E-state index contributed by atoms with van der Waals surface area (Å²) in [6.45, 7) is 0.0551. The molecule has 0 atom stereocenters. The van der Waals surface area contributed by atoms with Gasteiger partial charge in [0.2, 0.25) is 0 Å². The van der Waals surface area contributed by atoms with Gasteiger partial charge < -0.3 is 5.32 Å². The number of nitrogens with one attached hydrogen (secondary N) is 1. The van der Waals surface area contributed by atoms with Crippen LogP contribution in [-0.4, -0.2) is 15.1 Å². The molecule has 0 aliphatic rings. The Labute approximate surface area is 106 Å². The molecule has 1 aromatic carbocycles. The van der Waals surface area contributed by atoms with Gasteiger partial charge in [0, 0.05) is 6.20 Å². The minimum atomic E-state index is -1.03. The molecule has 0 aliphatic carbocycles. The van der Waals surface area contributed by atoms with Crippen molar-refractivity contribution in [2.24, 2.45) is 0 Å². The summed E-state index contributed by atoms with van der Waals surface area (Å²) in [6, 6.07) is 4.57. The number of anilines is 1. The average Bonchev–Trinajstić information content (AvgIpc) is 2.38. The Balaban J connectivity index is 2.19. The number of non-ortho nitro benzene ring substituents is 1. The van der Waals surface area contributed by atoms with E-state index in [1.165, 1.54) is 6.20 Å². The lowest BCUT2D eigenvalue weighted by molar-refractivity contribution is -0.385. The Kier molecular flexibility index (Phi) is 3.60. The van der Waals surface area contributed by atoms with Crippen molar-refractivity contribution >= 4 is 11.4 Å². The number of hydrogen-bond acceptors (Lipinski definition) is 5. The molecule has 1 heterocycles. The van der Waals surface area contributed by atoms with E-state index in [2.05, 4.69) is 15.5 Å². The topological polar surface area (TPSA) is 81.0 Å². The molecule has 2 aromatic rings. The van der Waals surface area contributed by atoms with Crippen LogP contribution >= 0.6 is 0 Å². The largest absolute Gasteiger partial charge is 0.375 e. The van der Waals surface area contributed by atoms with Gasteiger partial charge >= 0.3 is 0 Å². The fourth-order valence-electron chi connectivity index (χ4n) is 1.44. The molecule has 1 aromatic heterocycles. The second-order valence-corrected chi connectivity index (χ2v) is 3.61. The summed E-state index contributed by atoms with van der Waals surface area (Å²) < 4.78 is 27.1. The third-order valence-corrected chi connectivity index (χ3v) is 2.31. The minimum Gasteiger partial charge on any atom is -0.375 e. The van der Waals surface area contributed by atoms with Crippen molar-refractivity contribution < 1.29 is 13.7 Å². The van der Waals surface area contributed by atoms with E-state index in [9.17, 15) is 18.9 Å². The molecule has 6 nitrogen and oxygen atoms in total. The third-order valence-electron chi connectivity index (χ3n) is 2.31. The van der Waals surface area contributed by atoms with E-state index in [1.54, 1.807) is 12.1 Å². The lowest BCUT2D eigenvalue weighted by Gasteiger charge is -2.07. The summed E-state index contributed by atoms with van der Waals surface area (Å²) in [7, 11) is 0. The fraction of sp³-hybridized carbons (Fsp3) is 0.0909. The van der Waals surface area contributed by atoms with E-state index in [0.29, 0.717) is 17.8 Å². The van der Waals surface area contributed by atoms with Crippen LogP contribution in [0.2, 0.25) is 0 Å². The van der Waals surface area contributed by atoms with Crippen molar-refractivity contribution in [1.29, 1.82) is 0 Å². The number of nitrogens with zero attached hydrogens (tertiary/aromatic N) is 3. The van der Waals surface area contributed by atoms with Crippen molar-refractivity contribution in [3.63, 3.8) is 0 Å². The summed E-state index contributed by atoms with van der Waals surface area (Å²) in [5.74, 6) is -2.06. The first-order valence-corrected chi connectivity index (χ1v) is 5.22. The Hall–Kier alpha value is -2.64. The molecule has 0 spiro atoms. The number of benzene rings is 1. The van der Waals surface area contributed by atoms with Crippen LogP contribution in [0.1, 0.15) is 5.69 Å². The summed E-state index contributed by atoms with van der Waals surface area (Å²) >= 11 is 0. The van der Waals surface area contributed by atoms with Crippen molar-refractivity contribution in [2.75, 3.05) is 5.32 Å². The number of halogens is 2. The molecule has 98 valence electrons. The smallest absolute Gasteiger partial charge is 0.275 e. The normalized spacial score (nSPS) is 10.2. The van der Waals surface area contributed by atoms with Crippen LogP contribution in [0, 0.1) is 21.7 Å². The van der Waals surface area contributed by atoms with Gasteiger partial charge in [-0.15, -0.1) is 0 Å². The van der Waals surface area contributed by atoms with Gasteiger partial charge in [0.15, 0.2) is 11.6 Å². The molecule has 0 radical (unpaired) electrons. The molecule has 1 N–H and O–H groups in total. The number of rotatable bonds is 4. The molecular formula is C11H8F2N4O2. The number of nitro groups is 1. The van der Waals surface area contributed by atoms with E-state index in [1.807, 2.05) is 0 Å². The number of hydrogen-bond donors (Lipinski definition) is 1. The molecule has 2 rings (SSSR count). The first-order chi connectivity index (χ1) is 9.08. The SMILES string of the molecule is O=[N+]([O-])c1cc(F)c(NCc2cccnn2)c(F)c1. The van der Waals surface area contributed by atoms with Crippen LogP contribution in [0.15, 0.2) is 30.5 Å². The van der Waals surface area contributed by atoms with Gasteiger partial charge in [-0.25, -0.2) is 8.78 Å². The monoisotopic (exact) mass is 266 g/mol. The van der Waals surface area contributed by atoms with Crippen LogP contribution in [0.4, 0.5) is 20.2 Å². The van der Waals surface area contributed by atoms with E-state index in [-0.39, 0.29) is 6.54 Å². The second-order valence-electron chi connectivity index (χ2n) is 3.61. The fourth-order valence-corrected chi connectivity index (χ4v) is 1.44. The maximum Gasteiger partial charge on any atom is 0.275 e. The quantitative estimate of drug-likeness (QED) is 0.678. The molecule has 0 amide bonds. The molecule has 19 heavy (non-hydrogen) atoms. The Morgan fingerprint density at radius 2 is 2.00 bits per heavy atom. The van der Waals surface area contributed by atoms with E-state index >= 15 is 0 Å². The average molecular weight is 266 g/mol. The molecule has 0 fully saturated rings. The Morgan fingerprint density at radius 3 is 2.53 bits per heavy atom. The molecule has 0 saturated heterocycles. The molecular weight excluding hydrogens is 258 g/mol. The van der Waals surface area contributed by atoms with Gasteiger partial charge in [-0.05, 0) is 12.1 Å². The Bertz CT molecular complexity index is 584. The highest BCUT2D eigenvalue weighted by Gasteiger charge is 2.16. The lowest BCUT2D eigenvalue weighted by atomic mass is 10.2. The maximum atomic E-state index is 13.5. The first kappa shape index (κ1) is 12.8. The maximum absolute atomic E-state index is 13.5. The summed E-state index contributed by atoms with van der Waals surface area (Å²) in [5, 5.41) is 20.3. The van der Waals surface area contributed by atoms with Crippen molar-refractivity contribution in [1.82, 2.24) is 10.2 Å². The molecule has 0 saturated carbocycles. The highest BCUT2D eigenvalue weighted by molar-refractivity contribution is 5.51. The molecule has 0 unspecified atom stereocenters. The van der Waals surface area contributed by atoms with E-state index in [4.69, 9.17) is 0 Å². The van der Waals surface area contributed by atoms with Crippen LogP contribution < -0.4 is 5.32 Å². The summed E-state index contributed by atoms with van der Waals surface area (Å²) in [5.41, 5.74) is -0.587. The summed E-state index contributed by atoms with van der Waals surface area (Å²) in [6.07, 6.45) is 1.47. The number of aromatic nitrogens is 2. The van der Waals surface area contributed by atoms with Gasteiger partial charge in [-0.2, -0.15) is 10.2 Å². The predicted molar refractivity (Wildman–Crippen MR) is 62.4 cm³/mol. The van der Waals surface area contributed by atoms with Crippen LogP contribution in [0.3, 0.4) is 0 Å². The third kappa shape index (κ3) is 2.97. The lowest BCUT2D eigenvalue weighted by Crippen LogP contribution is -2.06. The van der Waals surface area contributed by atoms with Crippen LogP contribution in [-0.2, 0) is 6.54 Å². The van der Waals surface area contributed by atoms with Crippen LogP contribution in [0.25, 0.3) is 0 Å². The molecule has 0 bridgehead atoms. The van der Waals surface area contributed by atoms with Gasteiger partial charge in [0.25, 0.3) is 5.69 Å². The zero-order valence-corrected chi connectivity index (χ0v) is 9.51. The van der Waals surface area contributed by atoms with Gasteiger partial charge in [0.05, 0.1) is 29.3 Å². The van der Waals surface area contributed by atoms with E-state index < -0.39 is 27.9 Å². The molecule has 8 heteroatoms. The van der Waals surface area contributed by atoms with Gasteiger partial charge in [-0.1, -0.05) is 0 Å².